The van der Waals surface area contributed by atoms with Crippen LogP contribution in [-0.2, 0) is 19.0 Å². The first kappa shape index (κ1) is 18.7. The van der Waals surface area contributed by atoms with E-state index in [4.69, 9.17) is 28.5 Å². The van der Waals surface area contributed by atoms with Gasteiger partial charge in [0.05, 0.1) is 32.8 Å². The van der Waals surface area contributed by atoms with Crippen molar-refractivity contribution in [3.63, 3.8) is 0 Å². The highest BCUT2D eigenvalue weighted by Crippen LogP contribution is 2.54. The Morgan fingerprint density at radius 1 is 1.07 bits per heavy atom. The first-order valence-electron chi connectivity index (χ1n) is 8.57. The molecule has 3 atom stereocenters. The average Bonchev–Trinajstić information content (AvgIpc) is 3.15. The molecule has 0 radical (unpaired) electrons. The lowest BCUT2D eigenvalue weighted by Crippen LogP contribution is -2.72. The number of hydrogen-bond acceptors (Lipinski definition) is 9. The lowest BCUT2D eigenvalue weighted by atomic mass is 9.61. The van der Waals surface area contributed by atoms with Crippen molar-refractivity contribution in [1.82, 2.24) is 0 Å². The van der Waals surface area contributed by atoms with Gasteiger partial charge in [0.15, 0.2) is 11.9 Å². The summed E-state index contributed by atoms with van der Waals surface area (Å²) < 4.78 is 27.3. The fourth-order valence-corrected chi connectivity index (χ4v) is 4.41. The van der Waals surface area contributed by atoms with Crippen molar-refractivity contribution in [2.45, 2.75) is 17.5 Å². The summed E-state index contributed by atoms with van der Waals surface area (Å²) in [5.41, 5.74) is -1.22. The molecule has 0 amide bonds. The number of Topliss-reactive ketones (excluding diaryl/α,β-unsaturated/α-hetero) is 1. The fraction of sp³-hybridized carbons (Fsp3) is 0.474. The van der Waals surface area contributed by atoms with Crippen LogP contribution in [-0.4, -0.2) is 69.6 Å². The first-order chi connectivity index (χ1) is 13.4. The number of fused-ring (bicyclic) bond motifs is 2. The summed E-state index contributed by atoms with van der Waals surface area (Å²) in [6.07, 6.45) is 0.856. The van der Waals surface area contributed by atoms with Crippen LogP contribution in [0.15, 0.2) is 29.1 Å². The van der Waals surface area contributed by atoms with Crippen LogP contribution in [0.3, 0.4) is 0 Å². The van der Waals surface area contributed by atoms with Crippen molar-refractivity contribution in [3.05, 3.63) is 35.1 Å². The normalized spacial score (nSPS) is 29.1. The maximum atomic E-state index is 13.7. The zero-order chi connectivity index (χ0) is 20.3. The van der Waals surface area contributed by atoms with E-state index in [2.05, 4.69) is 5.16 Å². The van der Waals surface area contributed by atoms with Crippen LogP contribution >= 0.6 is 0 Å². The third-order valence-electron chi connectivity index (χ3n) is 5.66. The minimum absolute atomic E-state index is 0.115. The topological polar surface area (TPSA) is 105 Å². The molecule has 1 aromatic carbocycles. The summed E-state index contributed by atoms with van der Waals surface area (Å²) in [5, 5.41) is 16.0. The molecule has 0 bridgehead atoms. The van der Waals surface area contributed by atoms with E-state index in [1.54, 1.807) is 12.1 Å². The Labute approximate surface area is 161 Å². The summed E-state index contributed by atoms with van der Waals surface area (Å²) >= 11 is 0. The predicted molar refractivity (Wildman–Crippen MR) is 95.6 cm³/mol. The highest BCUT2D eigenvalue weighted by Gasteiger charge is 2.73. The SMILES string of the molecule is COC1=CC2ON=C3c4c(OC)cc(OC)cc4C(=O)C(O)(C32)C1(OC)OC. The summed E-state index contributed by atoms with van der Waals surface area (Å²) in [6, 6.07) is 3.16. The van der Waals surface area contributed by atoms with Gasteiger partial charge in [0.1, 0.15) is 17.2 Å². The van der Waals surface area contributed by atoms with E-state index in [-0.39, 0.29) is 11.3 Å². The van der Waals surface area contributed by atoms with Crippen molar-refractivity contribution in [1.29, 1.82) is 0 Å². The number of rotatable bonds is 5. The smallest absolute Gasteiger partial charge is 0.265 e. The minimum atomic E-state index is -2.19. The molecule has 1 aromatic rings. The van der Waals surface area contributed by atoms with Crippen molar-refractivity contribution < 1.29 is 38.4 Å². The first-order valence-corrected chi connectivity index (χ1v) is 8.57. The van der Waals surface area contributed by atoms with Gasteiger partial charge in [-0.15, -0.1) is 0 Å². The molecule has 1 aliphatic heterocycles. The molecule has 150 valence electrons. The van der Waals surface area contributed by atoms with Crippen LogP contribution in [0, 0.1) is 5.92 Å². The zero-order valence-corrected chi connectivity index (χ0v) is 16.1. The van der Waals surface area contributed by atoms with Gasteiger partial charge >= 0.3 is 0 Å². The quantitative estimate of drug-likeness (QED) is 0.738. The van der Waals surface area contributed by atoms with Gasteiger partial charge in [-0.1, -0.05) is 5.16 Å². The highest BCUT2D eigenvalue weighted by molar-refractivity contribution is 6.23. The van der Waals surface area contributed by atoms with E-state index in [1.807, 2.05) is 0 Å². The largest absolute Gasteiger partial charge is 0.497 e. The fourth-order valence-electron chi connectivity index (χ4n) is 4.41. The molecule has 0 saturated heterocycles. The molecule has 1 N–H and O–H groups in total. The highest BCUT2D eigenvalue weighted by atomic mass is 16.7. The third kappa shape index (κ3) is 1.96. The molecule has 2 aliphatic carbocycles. The lowest BCUT2D eigenvalue weighted by molar-refractivity contribution is -0.293. The third-order valence-corrected chi connectivity index (χ3v) is 5.66. The second-order valence-corrected chi connectivity index (χ2v) is 6.63. The van der Waals surface area contributed by atoms with Gasteiger partial charge in [0.2, 0.25) is 11.4 Å². The van der Waals surface area contributed by atoms with Crippen molar-refractivity contribution in [3.8, 4) is 11.5 Å². The van der Waals surface area contributed by atoms with Crippen LogP contribution in [0.4, 0.5) is 0 Å². The van der Waals surface area contributed by atoms with Crippen LogP contribution in [0.5, 0.6) is 11.5 Å². The number of aliphatic hydroxyl groups is 1. The van der Waals surface area contributed by atoms with Crippen LogP contribution < -0.4 is 9.47 Å². The number of ketones is 1. The molecule has 3 unspecified atom stereocenters. The Kier molecular flexibility index (Phi) is 4.14. The van der Waals surface area contributed by atoms with Crippen molar-refractivity contribution in [2.75, 3.05) is 35.5 Å². The number of oxime groups is 1. The molecule has 9 nitrogen and oxygen atoms in total. The van der Waals surface area contributed by atoms with E-state index < -0.39 is 29.2 Å². The molecule has 28 heavy (non-hydrogen) atoms. The molecule has 0 spiro atoms. The zero-order valence-electron chi connectivity index (χ0n) is 16.1. The van der Waals surface area contributed by atoms with Crippen LogP contribution in [0.1, 0.15) is 15.9 Å². The Morgan fingerprint density at radius 2 is 1.79 bits per heavy atom. The minimum Gasteiger partial charge on any atom is -0.497 e. The Morgan fingerprint density at radius 3 is 2.36 bits per heavy atom. The summed E-state index contributed by atoms with van der Waals surface area (Å²) in [4.78, 5) is 19.2. The Bertz CT molecular complexity index is 903. The summed E-state index contributed by atoms with van der Waals surface area (Å²) in [5.74, 6) is -2.51. The molecule has 4 rings (SSSR count). The number of carbonyl (C=O) groups excluding carboxylic acids is 1. The number of nitrogens with zero attached hydrogens (tertiary/aromatic N) is 1. The van der Waals surface area contributed by atoms with Gasteiger partial charge in [0, 0.05) is 31.9 Å². The van der Waals surface area contributed by atoms with E-state index in [0.29, 0.717) is 22.8 Å². The predicted octanol–water partition coefficient (Wildman–Crippen LogP) is 0.883. The van der Waals surface area contributed by atoms with Crippen molar-refractivity contribution >= 4 is 11.5 Å². The number of benzene rings is 1. The number of hydrogen-bond donors (Lipinski definition) is 1. The molecular weight excluding hydrogens is 370 g/mol. The molecule has 9 heteroatoms. The maximum Gasteiger partial charge on any atom is 0.265 e. The molecular formula is C19H21NO8. The summed E-state index contributed by atoms with van der Waals surface area (Å²) in [7, 11) is 7.00. The van der Waals surface area contributed by atoms with Gasteiger partial charge in [-0.25, -0.2) is 0 Å². The summed E-state index contributed by atoms with van der Waals surface area (Å²) in [6.45, 7) is 0. The molecule has 0 saturated carbocycles. The Hall–Kier alpha value is -2.62. The second kappa shape index (κ2) is 6.20. The van der Waals surface area contributed by atoms with Crippen molar-refractivity contribution in [2.24, 2.45) is 11.1 Å². The molecule has 0 aromatic heterocycles. The molecule has 0 fully saturated rings. The Balaban J connectivity index is 2.06. The monoisotopic (exact) mass is 391 g/mol. The van der Waals surface area contributed by atoms with E-state index >= 15 is 0 Å². The van der Waals surface area contributed by atoms with Crippen LogP contribution in [0.2, 0.25) is 0 Å². The van der Waals surface area contributed by atoms with Gasteiger partial charge in [-0.2, -0.15) is 0 Å². The second-order valence-electron chi connectivity index (χ2n) is 6.63. The molecule has 3 aliphatic rings. The number of methoxy groups -OCH3 is 5. The van der Waals surface area contributed by atoms with Crippen LogP contribution in [0.25, 0.3) is 0 Å². The van der Waals surface area contributed by atoms with E-state index in [0.717, 1.165) is 0 Å². The van der Waals surface area contributed by atoms with Gasteiger partial charge in [-0.3, -0.25) is 4.79 Å². The number of ether oxygens (including phenoxy) is 5. The molecule has 1 heterocycles. The standard InChI is InChI=1S/C19H21NO8/c1-23-9-6-10-14(11(7-9)24-2)16-15-12(28-20-16)8-13(25-3)19(26-4,27-5)18(15,22)17(10)21/h6-8,12,15,22H,1-5H3. The van der Waals surface area contributed by atoms with E-state index in [9.17, 15) is 9.90 Å². The van der Waals surface area contributed by atoms with E-state index in [1.165, 1.54) is 41.6 Å². The number of carbonyl (C=O) groups is 1. The van der Waals surface area contributed by atoms with Gasteiger partial charge in [-0.05, 0) is 6.07 Å². The average molecular weight is 391 g/mol. The lowest BCUT2D eigenvalue weighted by Gasteiger charge is -2.51. The maximum absolute atomic E-state index is 13.7. The van der Waals surface area contributed by atoms with Gasteiger partial charge < -0.3 is 33.6 Å². The van der Waals surface area contributed by atoms with Gasteiger partial charge in [0.25, 0.3) is 5.79 Å².